The summed E-state index contributed by atoms with van der Waals surface area (Å²) < 4.78 is 5.34. The summed E-state index contributed by atoms with van der Waals surface area (Å²) >= 11 is 0. The van der Waals surface area contributed by atoms with E-state index in [9.17, 15) is 4.79 Å². The van der Waals surface area contributed by atoms with Crippen LogP contribution in [0.2, 0.25) is 0 Å². The lowest BCUT2D eigenvalue weighted by atomic mass is 9.78. The number of carbonyl (C=O) groups is 1. The van der Waals surface area contributed by atoms with Crippen molar-refractivity contribution in [3.8, 4) is 0 Å². The third-order valence-electron chi connectivity index (χ3n) is 4.44. The maximum Gasteiger partial charge on any atom is 0.228 e. The molecule has 0 atom stereocenters. The van der Waals surface area contributed by atoms with Crippen LogP contribution in [0.25, 0.3) is 0 Å². The zero-order valence-corrected chi connectivity index (χ0v) is 10.8. The van der Waals surface area contributed by atoms with E-state index in [1.807, 2.05) is 0 Å². The number of hydrogen-bond acceptors (Lipinski definition) is 3. The summed E-state index contributed by atoms with van der Waals surface area (Å²) in [6.07, 6.45) is 6.13. The van der Waals surface area contributed by atoms with Crippen LogP contribution in [0, 0.1) is 5.41 Å². The summed E-state index contributed by atoms with van der Waals surface area (Å²) in [6.45, 7) is 3.89. The van der Waals surface area contributed by atoms with Crippen molar-refractivity contribution in [2.24, 2.45) is 11.1 Å². The van der Waals surface area contributed by atoms with E-state index in [4.69, 9.17) is 10.5 Å². The molecule has 2 rings (SSSR count). The van der Waals surface area contributed by atoms with Gasteiger partial charge in [-0.2, -0.15) is 0 Å². The van der Waals surface area contributed by atoms with Crippen molar-refractivity contribution in [2.45, 2.75) is 51.0 Å². The highest BCUT2D eigenvalue weighted by atomic mass is 16.5. The molecule has 1 heterocycles. The predicted molar refractivity (Wildman–Crippen MR) is 66.6 cm³/mol. The monoisotopic (exact) mass is 240 g/mol. The maximum atomic E-state index is 12.5. The highest BCUT2D eigenvalue weighted by Crippen LogP contribution is 2.34. The molecule has 1 saturated carbocycles. The topological polar surface area (TPSA) is 64.4 Å². The Kier molecular flexibility index (Phi) is 3.73. The van der Waals surface area contributed by atoms with Crippen LogP contribution in [0.4, 0.5) is 0 Å². The van der Waals surface area contributed by atoms with E-state index in [-0.39, 0.29) is 16.9 Å². The van der Waals surface area contributed by atoms with E-state index in [1.54, 1.807) is 0 Å². The highest BCUT2D eigenvalue weighted by Gasteiger charge is 2.42. The van der Waals surface area contributed by atoms with Gasteiger partial charge < -0.3 is 15.8 Å². The Morgan fingerprint density at radius 2 is 1.82 bits per heavy atom. The third kappa shape index (κ3) is 2.63. The highest BCUT2D eigenvalue weighted by molar-refractivity contribution is 5.83. The first-order valence-electron chi connectivity index (χ1n) is 6.71. The summed E-state index contributed by atoms with van der Waals surface area (Å²) in [4.78, 5) is 12.5. The average Bonchev–Trinajstić information content (AvgIpc) is 2.76. The van der Waals surface area contributed by atoms with Crippen molar-refractivity contribution in [1.82, 2.24) is 5.32 Å². The predicted octanol–water partition coefficient (Wildman–Crippen LogP) is 1.19. The van der Waals surface area contributed by atoms with Gasteiger partial charge in [-0.1, -0.05) is 12.8 Å². The summed E-state index contributed by atoms with van der Waals surface area (Å²) in [7, 11) is 0. The van der Waals surface area contributed by atoms with Gasteiger partial charge in [0.1, 0.15) is 0 Å². The van der Waals surface area contributed by atoms with Gasteiger partial charge in [-0.25, -0.2) is 0 Å². The summed E-state index contributed by atoms with van der Waals surface area (Å²) in [5.41, 5.74) is 5.45. The van der Waals surface area contributed by atoms with Gasteiger partial charge >= 0.3 is 0 Å². The number of rotatable bonds is 3. The molecule has 0 unspecified atom stereocenters. The van der Waals surface area contributed by atoms with Gasteiger partial charge in [0, 0.05) is 25.3 Å². The summed E-state index contributed by atoms with van der Waals surface area (Å²) in [6, 6.07) is 0. The SMILES string of the molecule is CC1(NC(=O)C2(CN)CCOCC2)CCCC1. The van der Waals surface area contributed by atoms with Crippen LogP contribution in [-0.2, 0) is 9.53 Å². The molecule has 0 aromatic rings. The fourth-order valence-corrected chi connectivity index (χ4v) is 2.97. The molecular formula is C13H24N2O2. The minimum Gasteiger partial charge on any atom is -0.381 e. The Balaban J connectivity index is 2.01. The molecule has 0 bridgehead atoms. The van der Waals surface area contributed by atoms with Crippen LogP contribution in [0.15, 0.2) is 0 Å². The van der Waals surface area contributed by atoms with Crippen molar-refractivity contribution < 1.29 is 9.53 Å². The first kappa shape index (κ1) is 12.8. The third-order valence-corrected chi connectivity index (χ3v) is 4.44. The lowest BCUT2D eigenvalue weighted by Gasteiger charge is -2.38. The Labute approximate surface area is 103 Å². The molecule has 0 aromatic heterocycles. The van der Waals surface area contributed by atoms with Gasteiger partial charge in [0.15, 0.2) is 0 Å². The summed E-state index contributed by atoms with van der Waals surface area (Å²) in [5, 5.41) is 3.24. The van der Waals surface area contributed by atoms with Crippen LogP contribution in [0.3, 0.4) is 0 Å². The second-order valence-corrected chi connectivity index (χ2v) is 5.82. The van der Waals surface area contributed by atoms with Crippen molar-refractivity contribution in [2.75, 3.05) is 19.8 Å². The molecule has 3 N–H and O–H groups in total. The van der Waals surface area contributed by atoms with Gasteiger partial charge in [0.2, 0.25) is 5.91 Å². The van der Waals surface area contributed by atoms with E-state index < -0.39 is 0 Å². The van der Waals surface area contributed by atoms with Crippen LogP contribution in [-0.4, -0.2) is 31.2 Å². The van der Waals surface area contributed by atoms with Gasteiger partial charge in [-0.3, -0.25) is 4.79 Å². The first-order valence-corrected chi connectivity index (χ1v) is 6.71. The average molecular weight is 240 g/mol. The van der Waals surface area contributed by atoms with Crippen molar-refractivity contribution in [3.63, 3.8) is 0 Å². The van der Waals surface area contributed by atoms with Crippen molar-refractivity contribution in [1.29, 1.82) is 0 Å². The maximum absolute atomic E-state index is 12.5. The van der Waals surface area contributed by atoms with Crippen LogP contribution in [0.1, 0.15) is 45.4 Å². The second kappa shape index (κ2) is 4.94. The molecule has 1 amide bonds. The Hall–Kier alpha value is -0.610. The first-order chi connectivity index (χ1) is 8.10. The molecule has 1 aliphatic carbocycles. The molecule has 98 valence electrons. The number of nitrogens with one attached hydrogen (secondary N) is 1. The zero-order valence-electron chi connectivity index (χ0n) is 10.8. The minimum atomic E-state index is -0.385. The number of amides is 1. The zero-order chi connectivity index (χ0) is 12.4. The number of carbonyl (C=O) groups excluding carboxylic acids is 1. The number of hydrogen-bond donors (Lipinski definition) is 2. The lowest BCUT2D eigenvalue weighted by molar-refractivity contribution is -0.137. The lowest BCUT2D eigenvalue weighted by Crippen LogP contribution is -2.55. The van der Waals surface area contributed by atoms with Crippen molar-refractivity contribution >= 4 is 5.91 Å². The molecule has 2 fully saturated rings. The van der Waals surface area contributed by atoms with Crippen LogP contribution < -0.4 is 11.1 Å². The quantitative estimate of drug-likeness (QED) is 0.779. The Bertz CT molecular complexity index is 279. The van der Waals surface area contributed by atoms with Gasteiger partial charge in [0.25, 0.3) is 0 Å². The number of ether oxygens (including phenoxy) is 1. The molecule has 17 heavy (non-hydrogen) atoms. The Morgan fingerprint density at radius 3 is 2.35 bits per heavy atom. The second-order valence-electron chi connectivity index (χ2n) is 5.82. The molecule has 4 heteroatoms. The smallest absolute Gasteiger partial charge is 0.228 e. The number of nitrogens with two attached hydrogens (primary N) is 1. The van der Waals surface area contributed by atoms with Gasteiger partial charge in [-0.15, -0.1) is 0 Å². The minimum absolute atomic E-state index is 0.00242. The van der Waals surface area contributed by atoms with Crippen LogP contribution >= 0.6 is 0 Å². The molecule has 0 aromatic carbocycles. The molecule has 0 radical (unpaired) electrons. The fraction of sp³-hybridized carbons (Fsp3) is 0.923. The van der Waals surface area contributed by atoms with E-state index in [2.05, 4.69) is 12.2 Å². The van der Waals surface area contributed by atoms with Crippen molar-refractivity contribution in [3.05, 3.63) is 0 Å². The van der Waals surface area contributed by atoms with Gasteiger partial charge in [0.05, 0.1) is 5.41 Å². The standard InChI is InChI=1S/C13H24N2O2/c1-12(4-2-3-5-12)15-11(16)13(10-14)6-8-17-9-7-13/h2-10,14H2,1H3,(H,15,16). The molecule has 1 aliphatic heterocycles. The Morgan fingerprint density at radius 1 is 1.24 bits per heavy atom. The molecule has 1 saturated heterocycles. The normalized spacial score (nSPS) is 26.7. The van der Waals surface area contributed by atoms with E-state index in [0.29, 0.717) is 19.8 Å². The molecule has 0 spiro atoms. The molecule has 4 nitrogen and oxygen atoms in total. The fourth-order valence-electron chi connectivity index (χ4n) is 2.97. The van der Waals surface area contributed by atoms with Gasteiger partial charge in [-0.05, 0) is 32.6 Å². The molecular weight excluding hydrogens is 216 g/mol. The van der Waals surface area contributed by atoms with E-state index in [0.717, 1.165) is 25.7 Å². The molecule has 2 aliphatic rings. The summed E-state index contributed by atoms with van der Waals surface area (Å²) in [5.74, 6) is 0.146. The van der Waals surface area contributed by atoms with E-state index >= 15 is 0 Å². The largest absolute Gasteiger partial charge is 0.381 e. The van der Waals surface area contributed by atoms with Crippen LogP contribution in [0.5, 0.6) is 0 Å². The van der Waals surface area contributed by atoms with E-state index in [1.165, 1.54) is 12.8 Å².